The van der Waals surface area contributed by atoms with Gasteiger partial charge in [-0.05, 0) is 24.6 Å². The molecule has 0 fully saturated rings. The minimum atomic E-state index is -0.292. The molecular weight excluding hydrogens is 273 g/mol. The Bertz CT molecular complexity index is 549. The molecule has 0 aliphatic carbocycles. The summed E-state index contributed by atoms with van der Waals surface area (Å²) in [6.07, 6.45) is 0. The van der Waals surface area contributed by atoms with E-state index in [4.69, 9.17) is 0 Å². The highest BCUT2D eigenvalue weighted by molar-refractivity contribution is 8.00. The lowest BCUT2D eigenvalue weighted by atomic mass is 10.2. The molecule has 0 radical (unpaired) electrons. The molecule has 2 aromatic carbocycles. The second kappa shape index (κ2) is 7.10. The molecule has 0 bridgehead atoms. The molecule has 0 heterocycles. The molecule has 0 spiro atoms. The molecule has 0 aromatic heterocycles. The average molecular weight is 289 g/mol. The van der Waals surface area contributed by atoms with Gasteiger partial charge in [-0.25, -0.2) is 4.39 Å². The van der Waals surface area contributed by atoms with E-state index in [1.165, 1.54) is 17.8 Å². The average Bonchev–Trinajstić information content (AvgIpc) is 2.45. The fourth-order valence-electron chi connectivity index (χ4n) is 1.75. The molecule has 0 atom stereocenters. The van der Waals surface area contributed by atoms with E-state index in [2.05, 4.69) is 5.32 Å². The summed E-state index contributed by atoms with van der Waals surface area (Å²) in [6, 6.07) is 14.4. The van der Waals surface area contributed by atoms with Crippen LogP contribution in [0.5, 0.6) is 0 Å². The van der Waals surface area contributed by atoms with E-state index in [0.29, 0.717) is 11.3 Å². The van der Waals surface area contributed by atoms with Gasteiger partial charge >= 0.3 is 0 Å². The molecule has 104 valence electrons. The quantitative estimate of drug-likeness (QED) is 0.853. The highest BCUT2D eigenvalue weighted by atomic mass is 32.2. The van der Waals surface area contributed by atoms with Gasteiger partial charge in [-0.3, -0.25) is 4.79 Å². The number of benzene rings is 2. The lowest BCUT2D eigenvalue weighted by molar-refractivity contribution is -0.118. The zero-order valence-corrected chi connectivity index (χ0v) is 12.0. The van der Waals surface area contributed by atoms with Gasteiger partial charge in [0.1, 0.15) is 5.82 Å². The number of rotatable bonds is 5. The van der Waals surface area contributed by atoms with E-state index in [1.54, 1.807) is 18.2 Å². The van der Waals surface area contributed by atoms with Gasteiger partial charge in [-0.2, -0.15) is 0 Å². The first-order chi connectivity index (χ1) is 9.66. The van der Waals surface area contributed by atoms with Gasteiger partial charge in [-0.1, -0.05) is 36.4 Å². The third kappa shape index (κ3) is 4.10. The molecule has 0 aliphatic rings. The number of hydrogen-bond acceptors (Lipinski definition) is 2. The second-order valence-electron chi connectivity index (χ2n) is 4.42. The number of carbonyl (C=O) groups excluding carboxylic acids is 1. The number of aryl methyl sites for hydroxylation is 1. The minimum Gasteiger partial charge on any atom is -0.351 e. The highest BCUT2D eigenvalue weighted by Crippen LogP contribution is 2.21. The van der Waals surface area contributed by atoms with E-state index in [-0.39, 0.29) is 18.3 Å². The summed E-state index contributed by atoms with van der Waals surface area (Å²) in [7, 11) is 0. The topological polar surface area (TPSA) is 29.1 Å². The molecule has 1 amide bonds. The van der Waals surface area contributed by atoms with Crippen molar-refractivity contribution in [1.29, 1.82) is 0 Å². The zero-order chi connectivity index (χ0) is 14.4. The molecular formula is C16H16FNOS. The normalized spacial score (nSPS) is 10.3. The number of thioether (sulfide) groups is 1. The van der Waals surface area contributed by atoms with E-state index in [9.17, 15) is 9.18 Å². The Hall–Kier alpha value is -1.81. The second-order valence-corrected chi connectivity index (χ2v) is 5.44. The monoisotopic (exact) mass is 289 g/mol. The molecule has 2 rings (SSSR count). The molecule has 2 nitrogen and oxygen atoms in total. The van der Waals surface area contributed by atoms with Crippen molar-refractivity contribution in [2.75, 3.05) is 5.75 Å². The first kappa shape index (κ1) is 14.6. The Balaban J connectivity index is 1.82. The molecule has 0 aliphatic heterocycles. The van der Waals surface area contributed by atoms with Crippen LogP contribution in [0.25, 0.3) is 0 Å². The standard InChI is InChI=1S/C16H16FNOS/c1-12-6-2-5-9-15(12)20-11-16(19)18-10-13-7-3-4-8-14(13)17/h2-9H,10-11H2,1H3,(H,18,19). The molecule has 0 unspecified atom stereocenters. The number of halogens is 1. The van der Waals surface area contributed by atoms with Crippen LogP contribution in [0.3, 0.4) is 0 Å². The maximum atomic E-state index is 13.4. The summed E-state index contributed by atoms with van der Waals surface area (Å²) in [4.78, 5) is 12.8. The van der Waals surface area contributed by atoms with Crippen LogP contribution in [0.1, 0.15) is 11.1 Å². The van der Waals surface area contributed by atoms with Crippen LogP contribution in [0, 0.1) is 12.7 Å². The summed E-state index contributed by atoms with van der Waals surface area (Å²) < 4.78 is 13.4. The van der Waals surface area contributed by atoms with Crippen LogP contribution in [-0.4, -0.2) is 11.7 Å². The Morgan fingerprint density at radius 1 is 1.15 bits per heavy atom. The SMILES string of the molecule is Cc1ccccc1SCC(=O)NCc1ccccc1F. The zero-order valence-electron chi connectivity index (χ0n) is 11.2. The lowest BCUT2D eigenvalue weighted by Crippen LogP contribution is -2.25. The third-order valence-electron chi connectivity index (χ3n) is 2.89. The van der Waals surface area contributed by atoms with Gasteiger partial charge in [-0.15, -0.1) is 11.8 Å². The van der Waals surface area contributed by atoms with Crippen LogP contribution in [0.2, 0.25) is 0 Å². The van der Waals surface area contributed by atoms with Gasteiger partial charge in [0.05, 0.1) is 5.75 Å². The molecule has 2 aromatic rings. The Morgan fingerprint density at radius 2 is 1.85 bits per heavy atom. The van der Waals surface area contributed by atoms with Crippen LogP contribution in [-0.2, 0) is 11.3 Å². The predicted octanol–water partition coefficient (Wildman–Crippen LogP) is 3.54. The summed E-state index contributed by atoms with van der Waals surface area (Å²) in [5, 5.41) is 2.73. The van der Waals surface area contributed by atoms with Crippen molar-refractivity contribution < 1.29 is 9.18 Å². The van der Waals surface area contributed by atoms with Crippen molar-refractivity contribution in [1.82, 2.24) is 5.32 Å². The van der Waals surface area contributed by atoms with Crippen molar-refractivity contribution in [3.8, 4) is 0 Å². The predicted molar refractivity (Wildman–Crippen MR) is 80.1 cm³/mol. The Morgan fingerprint density at radius 3 is 2.60 bits per heavy atom. The van der Waals surface area contributed by atoms with Gasteiger partial charge in [0.15, 0.2) is 0 Å². The van der Waals surface area contributed by atoms with E-state index >= 15 is 0 Å². The fourth-order valence-corrected chi connectivity index (χ4v) is 2.61. The first-order valence-electron chi connectivity index (χ1n) is 6.35. The number of carbonyl (C=O) groups is 1. The van der Waals surface area contributed by atoms with Gasteiger partial charge in [0.25, 0.3) is 0 Å². The molecule has 1 N–H and O–H groups in total. The fraction of sp³-hybridized carbons (Fsp3) is 0.188. The summed E-state index contributed by atoms with van der Waals surface area (Å²) >= 11 is 1.49. The Labute approximate surface area is 122 Å². The Kier molecular flexibility index (Phi) is 5.18. The summed E-state index contributed by atoms with van der Waals surface area (Å²) in [5.74, 6) is -0.0554. The van der Waals surface area contributed by atoms with Gasteiger partial charge in [0, 0.05) is 17.0 Å². The van der Waals surface area contributed by atoms with Crippen molar-refractivity contribution >= 4 is 17.7 Å². The maximum absolute atomic E-state index is 13.4. The van der Waals surface area contributed by atoms with Crippen LogP contribution in [0.4, 0.5) is 4.39 Å². The van der Waals surface area contributed by atoms with Crippen molar-refractivity contribution in [3.63, 3.8) is 0 Å². The minimum absolute atomic E-state index is 0.0958. The summed E-state index contributed by atoms with van der Waals surface area (Å²) in [6.45, 7) is 2.24. The van der Waals surface area contributed by atoms with Crippen molar-refractivity contribution in [3.05, 3.63) is 65.5 Å². The van der Waals surface area contributed by atoms with Crippen LogP contribution >= 0.6 is 11.8 Å². The van der Waals surface area contributed by atoms with Gasteiger partial charge < -0.3 is 5.32 Å². The lowest BCUT2D eigenvalue weighted by Gasteiger charge is -2.07. The van der Waals surface area contributed by atoms with Crippen LogP contribution in [0.15, 0.2) is 53.4 Å². The number of hydrogen-bond donors (Lipinski definition) is 1. The molecule has 0 saturated heterocycles. The summed E-state index contributed by atoms with van der Waals surface area (Å²) in [5.41, 5.74) is 1.65. The van der Waals surface area contributed by atoms with Crippen molar-refractivity contribution in [2.24, 2.45) is 0 Å². The van der Waals surface area contributed by atoms with Crippen LogP contribution < -0.4 is 5.32 Å². The van der Waals surface area contributed by atoms with Gasteiger partial charge in [0.2, 0.25) is 5.91 Å². The highest BCUT2D eigenvalue weighted by Gasteiger charge is 2.06. The van der Waals surface area contributed by atoms with E-state index in [0.717, 1.165) is 10.5 Å². The third-order valence-corrected chi connectivity index (χ3v) is 4.06. The first-order valence-corrected chi connectivity index (χ1v) is 7.34. The molecule has 4 heteroatoms. The van der Waals surface area contributed by atoms with E-state index in [1.807, 2.05) is 31.2 Å². The largest absolute Gasteiger partial charge is 0.351 e. The number of amides is 1. The smallest absolute Gasteiger partial charge is 0.230 e. The molecule has 20 heavy (non-hydrogen) atoms. The number of nitrogens with one attached hydrogen (secondary N) is 1. The maximum Gasteiger partial charge on any atom is 0.230 e. The van der Waals surface area contributed by atoms with Crippen molar-refractivity contribution in [2.45, 2.75) is 18.4 Å². The van der Waals surface area contributed by atoms with E-state index < -0.39 is 0 Å². The molecule has 0 saturated carbocycles.